The number of carbonyl (C=O) groups is 1. The van der Waals surface area contributed by atoms with E-state index >= 15 is 0 Å². The van der Waals surface area contributed by atoms with Crippen molar-refractivity contribution in [2.45, 2.75) is 50.6 Å². The summed E-state index contributed by atoms with van der Waals surface area (Å²) in [4.78, 5) is 13.0. The van der Waals surface area contributed by atoms with Crippen LogP contribution in [0.2, 0.25) is 0 Å². The van der Waals surface area contributed by atoms with Gasteiger partial charge < -0.3 is 14.8 Å². The summed E-state index contributed by atoms with van der Waals surface area (Å²) in [7, 11) is 1.07. The van der Waals surface area contributed by atoms with Crippen LogP contribution < -0.4 is 10.1 Å². The summed E-state index contributed by atoms with van der Waals surface area (Å²) in [6.45, 7) is 3.70. The van der Waals surface area contributed by atoms with Crippen LogP contribution in [0.3, 0.4) is 0 Å². The molecule has 0 bridgehead atoms. The molecular formula is C20H22F5N3O3. The zero-order chi connectivity index (χ0) is 23.1. The maximum atomic E-state index is 14.3. The van der Waals surface area contributed by atoms with Gasteiger partial charge in [-0.25, -0.2) is 4.39 Å². The number of methoxy groups -OCH3 is 1. The van der Waals surface area contributed by atoms with Crippen LogP contribution in [0.15, 0.2) is 24.4 Å². The zero-order valence-corrected chi connectivity index (χ0v) is 17.2. The quantitative estimate of drug-likeness (QED) is 0.679. The van der Waals surface area contributed by atoms with Crippen LogP contribution in [0.1, 0.15) is 44.0 Å². The molecule has 0 radical (unpaired) electrons. The first-order valence-corrected chi connectivity index (χ1v) is 9.48. The summed E-state index contributed by atoms with van der Waals surface area (Å²) in [5, 5.41) is 9.01. The SMILES string of the molecule is COc1c([C@H]2[C@H](C(=O)N[C@@H](C)c3ccn[nH]3)O[C@@](C)(C(F)(F)F)[C@H]2C)ccc(F)c1F. The topological polar surface area (TPSA) is 76.2 Å². The fraction of sp³-hybridized carbons (Fsp3) is 0.500. The number of ether oxygens (including phenoxy) is 2. The van der Waals surface area contributed by atoms with Crippen molar-refractivity contribution in [3.8, 4) is 5.75 Å². The maximum Gasteiger partial charge on any atom is 0.417 e. The Hall–Kier alpha value is -2.69. The smallest absolute Gasteiger partial charge is 0.417 e. The van der Waals surface area contributed by atoms with E-state index in [1.165, 1.54) is 13.1 Å². The van der Waals surface area contributed by atoms with Gasteiger partial charge >= 0.3 is 6.18 Å². The third-order valence-corrected chi connectivity index (χ3v) is 5.92. The number of amides is 1. The molecule has 0 unspecified atom stereocenters. The van der Waals surface area contributed by atoms with Crippen LogP contribution in [0.5, 0.6) is 5.75 Å². The maximum absolute atomic E-state index is 14.3. The summed E-state index contributed by atoms with van der Waals surface area (Å²) >= 11 is 0. The molecule has 0 saturated carbocycles. The normalized spacial score (nSPS) is 27.2. The lowest BCUT2D eigenvalue weighted by atomic mass is 9.77. The molecule has 1 aromatic heterocycles. The number of nitrogens with zero attached hydrogens (tertiary/aromatic N) is 1. The standard InChI is InChI=1S/C20H22F5N3O3/c1-9-14(11-5-6-12(21)15(22)16(11)30-4)17(31-19(9,3)20(23,24)25)18(29)27-10(2)13-7-8-26-28-13/h5-10,14,17H,1-4H3,(H,26,28)(H,27,29)/t9-,10-,14-,17+,19+/m0/s1. The first-order chi connectivity index (χ1) is 14.4. The molecular weight excluding hydrogens is 425 g/mol. The van der Waals surface area contributed by atoms with Gasteiger partial charge in [-0.2, -0.15) is 22.7 Å². The van der Waals surface area contributed by atoms with Gasteiger partial charge in [0.2, 0.25) is 11.7 Å². The molecule has 3 rings (SSSR count). The van der Waals surface area contributed by atoms with Crippen LogP contribution in [-0.4, -0.2) is 41.1 Å². The molecule has 1 saturated heterocycles. The summed E-state index contributed by atoms with van der Waals surface area (Å²) in [5.74, 6) is -6.54. The van der Waals surface area contributed by atoms with Crippen LogP contribution >= 0.6 is 0 Å². The van der Waals surface area contributed by atoms with Crippen molar-refractivity contribution in [2.75, 3.05) is 7.11 Å². The van der Waals surface area contributed by atoms with Crippen molar-refractivity contribution in [3.05, 3.63) is 47.3 Å². The van der Waals surface area contributed by atoms with E-state index in [-0.39, 0.29) is 5.56 Å². The Bertz CT molecular complexity index is 950. The van der Waals surface area contributed by atoms with Gasteiger partial charge in [-0.05, 0) is 26.0 Å². The molecule has 170 valence electrons. The van der Waals surface area contributed by atoms with E-state index in [4.69, 9.17) is 9.47 Å². The first-order valence-electron chi connectivity index (χ1n) is 9.48. The van der Waals surface area contributed by atoms with E-state index < -0.39 is 59.1 Å². The molecule has 1 fully saturated rings. The Morgan fingerprint density at radius 1 is 1.32 bits per heavy atom. The Kier molecular flexibility index (Phi) is 6.01. The molecule has 2 N–H and O–H groups in total. The predicted octanol–water partition coefficient (Wildman–Crippen LogP) is 4.01. The molecule has 5 atom stereocenters. The van der Waals surface area contributed by atoms with Gasteiger partial charge in [0, 0.05) is 23.6 Å². The van der Waals surface area contributed by atoms with E-state index in [9.17, 15) is 26.7 Å². The average molecular weight is 447 g/mol. The molecule has 2 aromatic rings. The second kappa shape index (κ2) is 8.10. The number of carbonyl (C=O) groups excluding carboxylic acids is 1. The van der Waals surface area contributed by atoms with Crippen molar-refractivity contribution in [1.29, 1.82) is 0 Å². The summed E-state index contributed by atoms with van der Waals surface area (Å²) in [6, 6.07) is 2.88. The molecule has 0 aliphatic carbocycles. The zero-order valence-electron chi connectivity index (χ0n) is 17.2. The predicted molar refractivity (Wildman–Crippen MR) is 99.3 cm³/mol. The van der Waals surface area contributed by atoms with Crippen molar-refractivity contribution >= 4 is 5.91 Å². The number of benzene rings is 1. The molecule has 6 nitrogen and oxygen atoms in total. The summed E-state index contributed by atoms with van der Waals surface area (Å²) in [6.07, 6.45) is -4.99. The minimum absolute atomic E-state index is 0.0868. The van der Waals surface area contributed by atoms with Gasteiger partial charge in [0.1, 0.15) is 6.10 Å². The average Bonchev–Trinajstić information content (AvgIpc) is 3.32. The highest BCUT2D eigenvalue weighted by Crippen LogP contribution is 2.54. The molecule has 1 aliphatic rings. The Labute approximate surface area is 175 Å². The monoisotopic (exact) mass is 447 g/mol. The Balaban J connectivity index is 2.05. The van der Waals surface area contributed by atoms with Crippen molar-refractivity contribution in [1.82, 2.24) is 15.5 Å². The number of aromatic amines is 1. The number of aromatic nitrogens is 2. The second-order valence-electron chi connectivity index (χ2n) is 7.68. The van der Waals surface area contributed by atoms with E-state index in [2.05, 4.69) is 15.5 Å². The summed E-state index contributed by atoms with van der Waals surface area (Å²) < 4.78 is 80.0. The van der Waals surface area contributed by atoms with E-state index in [0.29, 0.717) is 5.69 Å². The molecule has 1 amide bonds. The van der Waals surface area contributed by atoms with Gasteiger partial charge in [0.25, 0.3) is 0 Å². The van der Waals surface area contributed by atoms with Gasteiger partial charge in [0.05, 0.1) is 18.8 Å². The lowest BCUT2D eigenvalue weighted by molar-refractivity contribution is -0.272. The number of halogens is 5. The van der Waals surface area contributed by atoms with E-state index in [0.717, 1.165) is 26.2 Å². The molecule has 11 heteroatoms. The van der Waals surface area contributed by atoms with Crippen molar-refractivity contribution < 1.29 is 36.2 Å². The molecule has 1 aliphatic heterocycles. The lowest BCUT2D eigenvalue weighted by Gasteiger charge is -2.32. The largest absolute Gasteiger partial charge is 0.493 e. The number of hydrogen-bond acceptors (Lipinski definition) is 4. The lowest BCUT2D eigenvalue weighted by Crippen LogP contribution is -2.47. The number of alkyl halides is 3. The third-order valence-electron chi connectivity index (χ3n) is 5.92. The van der Waals surface area contributed by atoms with Crippen LogP contribution in [0.4, 0.5) is 22.0 Å². The fourth-order valence-electron chi connectivity index (χ4n) is 3.92. The fourth-order valence-corrected chi connectivity index (χ4v) is 3.92. The van der Waals surface area contributed by atoms with Gasteiger partial charge in [0.15, 0.2) is 17.2 Å². The number of nitrogens with one attached hydrogen (secondary N) is 2. The highest BCUT2D eigenvalue weighted by molar-refractivity contribution is 5.83. The Morgan fingerprint density at radius 3 is 2.55 bits per heavy atom. The van der Waals surface area contributed by atoms with Gasteiger partial charge in [-0.1, -0.05) is 13.0 Å². The van der Waals surface area contributed by atoms with Crippen molar-refractivity contribution in [3.63, 3.8) is 0 Å². The van der Waals surface area contributed by atoms with E-state index in [1.54, 1.807) is 13.0 Å². The molecule has 2 heterocycles. The summed E-state index contributed by atoms with van der Waals surface area (Å²) in [5.41, 5.74) is -2.26. The van der Waals surface area contributed by atoms with Gasteiger partial charge in [-0.3, -0.25) is 9.89 Å². The van der Waals surface area contributed by atoms with Crippen LogP contribution in [0.25, 0.3) is 0 Å². The third kappa shape index (κ3) is 3.86. The van der Waals surface area contributed by atoms with Crippen LogP contribution in [-0.2, 0) is 9.53 Å². The molecule has 1 aromatic carbocycles. The number of hydrogen-bond donors (Lipinski definition) is 2. The Morgan fingerprint density at radius 2 is 2.00 bits per heavy atom. The molecule has 0 spiro atoms. The van der Waals surface area contributed by atoms with Crippen LogP contribution in [0, 0.1) is 17.6 Å². The highest BCUT2D eigenvalue weighted by Gasteiger charge is 2.65. The number of rotatable bonds is 5. The van der Waals surface area contributed by atoms with E-state index in [1.807, 2.05) is 0 Å². The molecule has 31 heavy (non-hydrogen) atoms. The second-order valence-corrected chi connectivity index (χ2v) is 7.68. The minimum atomic E-state index is -4.82. The number of H-pyrrole nitrogens is 1. The minimum Gasteiger partial charge on any atom is -0.493 e. The van der Waals surface area contributed by atoms with Crippen molar-refractivity contribution in [2.24, 2.45) is 5.92 Å². The first kappa shape index (κ1) is 23.0. The highest BCUT2D eigenvalue weighted by atomic mass is 19.4. The van der Waals surface area contributed by atoms with Gasteiger partial charge in [-0.15, -0.1) is 0 Å².